The molecular weight excluding hydrogens is 300 g/mol. The van der Waals surface area contributed by atoms with Crippen LogP contribution in [-0.2, 0) is 0 Å². The normalized spacial score (nSPS) is 10.4. The van der Waals surface area contributed by atoms with Crippen LogP contribution in [0.5, 0.6) is 0 Å². The van der Waals surface area contributed by atoms with Gasteiger partial charge < -0.3 is 10.2 Å². The lowest BCUT2D eigenvalue weighted by Crippen LogP contribution is -2.31. The van der Waals surface area contributed by atoms with Gasteiger partial charge in [-0.1, -0.05) is 17.7 Å². The number of hydrogen-bond donors (Lipinski definition) is 1. The van der Waals surface area contributed by atoms with E-state index in [1.807, 2.05) is 39.0 Å². The third-order valence-corrected chi connectivity index (χ3v) is 3.79. The molecule has 0 aliphatic heterocycles. The zero-order valence-corrected chi connectivity index (χ0v) is 13.7. The van der Waals surface area contributed by atoms with Crippen LogP contribution in [-0.4, -0.2) is 33.9 Å². The molecule has 2 rings (SSSR count). The van der Waals surface area contributed by atoms with Gasteiger partial charge in [0.05, 0.1) is 0 Å². The SMILES string of the molecule is CCN(CC)C(=O)c1cc(Nc2ccc(C)c(Cl)c2)ncn1. The minimum atomic E-state index is -0.0996. The van der Waals surface area contributed by atoms with Crippen molar-refractivity contribution in [3.05, 3.63) is 46.9 Å². The first-order valence-electron chi connectivity index (χ1n) is 7.19. The van der Waals surface area contributed by atoms with Gasteiger partial charge in [0.15, 0.2) is 0 Å². The Bertz CT molecular complexity index is 671. The quantitative estimate of drug-likeness (QED) is 0.914. The smallest absolute Gasteiger partial charge is 0.272 e. The summed E-state index contributed by atoms with van der Waals surface area (Å²) < 4.78 is 0. The molecule has 0 unspecified atom stereocenters. The fourth-order valence-electron chi connectivity index (χ4n) is 2.03. The molecule has 1 heterocycles. The van der Waals surface area contributed by atoms with E-state index in [9.17, 15) is 4.79 Å². The molecule has 22 heavy (non-hydrogen) atoms. The van der Waals surface area contributed by atoms with Gasteiger partial charge in [-0.25, -0.2) is 9.97 Å². The molecule has 0 aliphatic carbocycles. The van der Waals surface area contributed by atoms with Crippen molar-refractivity contribution in [3.8, 4) is 0 Å². The maximum Gasteiger partial charge on any atom is 0.272 e. The van der Waals surface area contributed by atoms with Crippen molar-refractivity contribution in [2.24, 2.45) is 0 Å². The number of amides is 1. The summed E-state index contributed by atoms with van der Waals surface area (Å²) in [6.07, 6.45) is 1.38. The highest BCUT2D eigenvalue weighted by Crippen LogP contribution is 2.22. The molecule has 0 radical (unpaired) electrons. The van der Waals surface area contributed by atoms with Crippen molar-refractivity contribution in [1.82, 2.24) is 14.9 Å². The number of anilines is 2. The molecule has 6 heteroatoms. The van der Waals surface area contributed by atoms with Gasteiger partial charge in [-0.2, -0.15) is 0 Å². The lowest BCUT2D eigenvalue weighted by Gasteiger charge is -2.18. The zero-order valence-electron chi connectivity index (χ0n) is 12.9. The largest absolute Gasteiger partial charge is 0.340 e. The molecule has 116 valence electrons. The predicted octanol–water partition coefficient (Wildman–Crippen LogP) is 3.66. The molecule has 1 amide bonds. The third kappa shape index (κ3) is 3.74. The number of carbonyl (C=O) groups is 1. The van der Waals surface area contributed by atoms with Crippen molar-refractivity contribution in [2.75, 3.05) is 18.4 Å². The van der Waals surface area contributed by atoms with E-state index in [0.717, 1.165) is 11.3 Å². The van der Waals surface area contributed by atoms with E-state index in [2.05, 4.69) is 15.3 Å². The number of halogens is 1. The lowest BCUT2D eigenvalue weighted by molar-refractivity contribution is 0.0767. The highest BCUT2D eigenvalue weighted by atomic mass is 35.5. The van der Waals surface area contributed by atoms with Gasteiger partial charge in [-0.3, -0.25) is 4.79 Å². The molecule has 1 aromatic carbocycles. The van der Waals surface area contributed by atoms with Crippen LogP contribution in [0.4, 0.5) is 11.5 Å². The second-order valence-corrected chi connectivity index (χ2v) is 5.26. The van der Waals surface area contributed by atoms with Crippen LogP contribution in [0.2, 0.25) is 5.02 Å². The summed E-state index contributed by atoms with van der Waals surface area (Å²) in [5.41, 5.74) is 2.20. The monoisotopic (exact) mass is 318 g/mol. The lowest BCUT2D eigenvalue weighted by atomic mass is 10.2. The third-order valence-electron chi connectivity index (χ3n) is 3.38. The number of rotatable bonds is 5. The first-order valence-corrected chi connectivity index (χ1v) is 7.57. The van der Waals surface area contributed by atoms with Crippen LogP contribution in [0.3, 0.4) is 0 Å². The highest BCUT2D eigenvalue weighted by Gasteiger charge is 2.14. The second kappa shape index (κ2) is 7.22. The number of nitrogens with zero attached hydrogens (tertiary/aromatic N) is 3. The van der Waals surface area contributed by atoms with Crippen molar-refractivity contribution in [3.63, 3.8) is 0 Å². The fraction of sp³-hybridized carbons (Fsp3) is 0.312. The summed E-state index contributed by atoms with van der Waals surface area (Å²) in [4.78, 5) is 22.2. The van der Waals surface area contributed by atoms with E-state index in [-0.39, 0.29) is 5.91 Å². The number of benzene rings is 1. The summed E-state index contributed by atoms with van der Waals surface area (Å²) in [5, 5.41) is 3.82. The predicted molar refractivity (Wildman–Crippen MR) is 88.8 cm³/mol. The first kappa shape index (κ1) is 16.2. The van der Waals surface area contributed by atoms with E-state index in [1.165, 1.54) is 6.33 Å². The Labute approximate surface area is 135 Å². The van der Waals surface area contributed by atoms with Gasteiger partial charge >= 0.3 is 0 Å². The van der Waals surface area contributed by atoms with E-state index < -0.39 is 0 Å². The summed E-state index contributed by atoms with van der Waals surface area (Å²) in [7, 11) is 0. The van der Waals surface area contributed by atoms with Crippen LogP contribution < -0.4 is 5.32 Å². The van der Waals surface area contributed by atoms with Crippen molar-refractivity contribution >= 4 is 29.0 Å². The molecule has 0 bridgehead atoms. The number of carbonyl (C=O) groups excluding carboxylic acids is 1. The fourth-order valence-corrected chi connectivity index (χ4v) is 2.21. The maximum atomic E-state index is 12.3. The molecule has 0 fully saturated rings. The Morgan fingerprint density at radius 2 is 1.95 bits per heavy atom. The molecule has 0 saturated heterocycles. The summed E-state index contributed by atoms with van der Waals surface area (Å²) in [5.74, 6) is 0.461. The average Bonchev–Trinajstić information content (AvgIpc) is 2.52. The van der Waals surface area contributed by atoms with Crippen LogP contribution >= 0.6 is 11.6 Å². The Morgan fingerprint density at radius 3 is 2.59 bits per heavy atom. The Hall–Kier alpha value is -2.14. The first-order chi connectivity index (χ1) is 10.5. The number of aromatic nitrogens is 2. The molecule has 5 nitrogen and oxygen atoms in total. The van der Waals surface area contributed by atoms with E-state index in [1.54, 1.807) is 11.0 Å². The van der Waals surface area contributed by atoms with Gasteiger partial charge in [0.25, 0.3) is 5.91 Å². The Kier molecular flexibility index (Phi) is 5.33. The second-order valence-electron chi connectivity index (χ2n) is 4.85. The minimum absolute atomic E-state index is 0.0996. The minimum Gasteiger partial charge on any atom is -0.340 e. The van der Waals surface area contributed by atoms with Gasteiger partial charge in [0.1, 0.15) is 17.8 Å². The van der Waals surface area contributed by atoms with E-state index in [0.29, 0.717) is 29.6 Å². The maximum absolute atomic E-state index is 12.3. The van der Waals surface area contributed by atoms with Crippen LogP contribution in [0.25, 0.3) is 0 Å². The van der Waals surface area contributed by atoms with Crippen LogP contribution in [0.15, 0.2) is 30.6 Å². The highest BCUT2D eigenvalue weighted by molar-refractivity contribution is 6.31. The molecule has 0 saturated carbocycles. The van der Waals surface area contributed by atoms with Gasteiger partial charge in [0.2, 0.25) is 0 Å². The van der Waals surface area contributed by atoms with Crippen LogP contribution in [0, 0.1) is 6.92 Å². The van der Waals surface area contributed by atoms with E-state index in [4.69, 9.17) is 11.6 Å². The molecule has 1 N–H and O–H groups in total. The van der Waals surface area contributed by atoms with Crippen molar-refractivity contribution in [2.45, 2.75) is 20.8 Å². The number of aryl methyl sites for hydroxylation is 1. The van der Waals surface area contributed by atoms with Gasteiger partial charge in [0, 0.05) is 29.9 Å². The van der Waals surface area contributed by atoms with Gasteiger partial charge in [-0.15, -0.1) is 0 Å². The van der Waals surface area contributed by atoms with E-state index >= 15 is 0 Å². The number of nitrogens with one attached hydrogen (secondary N) is 1. The topological polar surface area (TPSA) is 58.1 Å². The standard InChI is InChI=1S/C16H19ClN4O/c1-4-21(5-2)16(22)14-9-15(19-10-18-14)20-12-7-6-11(3)13(17)8-12/h6-10H,4-5H2,1-3H3,(H,18,19,20). The van der Waals surface area contributed by atoms with Gasteiger partial charge in [-0.05, 0) is 38.5 Å². The molecule has 1 aromatic heterocycles. The Balaban J connectivity index is 2.21. The zero-order chi connectivity index (χ0) is 16.1. The molecule has 0 aliphatic rings. The molecule has 0 spiro atoms. The Morgan fingerprint density at radius 1 is 1.23 bits per heavy atom. The molecule has 0 atom stereocenters. The summed E-state index contributed by atoms with van der Waals surface area (Å²) in [6.45, 7) is 7.12. The molecule has 2 aromatic rings. The van der Waals surface area contributed by atoms with Crippen LogP contribution in [0.1, 0.15) is 29.9 Å². The van der Waals surface area contributed by atoms with Crippen molar-refractivity contribution in [1.29, 1.82) is 0 Å². The molecular formula is C16H19ClN4O. The summed E-state index contributed by atoms with van der Waals surface area (Å²) in [6, 6.07) is 7.31. The summed E-state index contributed by atoms with van der Waals surface area (Å²) >= 11 is 6.11. The van der Waals surface area contributed by atoms with Crippen molar-refractivity contribution < 1.29 is 4.79 Å². The average molecular weight is 319 g/mol. The number of hydrogen-bond acceptors (Lipinski definition) is 4.